The predicted molar refractivity (Wildman–Crippen MR) is 121 cm³/mol. The predicted octanol–water partition coefficient (Wildman–Crippen LogP) is 3.58. The Morgan fingerprint density at radius 1 is 1.03 bits per heavy atom. The van der Waals surface area contributed by atoms with Gasteiger partial charge in [0.1, 0.15) is 24.3 Å². The van der Waals surface area contributed by atoms with Gasteiger partial charge < -0.3 is 15.4 Å². The van der Waals surface area contributed by atoms with Crippen LogP contribution in [0.15, 0.2) is 67.3 Å². The van der Waals surface area contributed by atoms with E-state index >= 15 is 0 Å². The number of nitrogens with zero attached hydrogens (tertiary/aromatic N) is 3. The molecule has 2 atom stereocenters. The van der Waals surface area contributed by atoms with Crippen LogP contribution in [0.4, 0.5) is 4.79 Å². The van der Waals surface area contributed by atoms with Gasteiger partial charge in [-0.05, 0) is 51.0 Å². The number of ether oxygens (including phenoxy) is 1. The maximum Gasteiger partial charge on any atom is 0.408 e. The van der Waals surface area contributed by atoms with Crippen molar-refractivity contribution in [3.8, 4) is 5.69 Å². The first-order valence-corrected chi connectivity index (χ1v) is 10.5. The lowest BCUT2D eigenvalue weighted by molar-refractivity contribution is -0.123. The Morgan fingerprint density at radius 3 is 2.31 bits per heavy atom. The lowest BCUT2D eigenvalue weighted by Crippen LogP contribution is -2.49. The third-order valence-electron chi connectivity index (χ3n) is 4.73. The number of amides is 2. The van der Waals surface area contributed by atoms with Crippen molar-refractivity contribution in [1.29, 1.82) is 0 Å². The second-order valence-electron chi connectivity index (χ2n) is 8.55. The molecular weight excluding hydrogens is 406 g/mol. The number of nitrogens with one attached hydrogen (secondary N) is 2. The Bertz CT molecular complexity index is 1010. The first-order valence-electron chi connectivity index (χ1n) is 10.5. The number of hydrogen-bond donors (Lipinski definition) is 2. The zero-order chi connectivity index (χ0) is 23.1. The Kier molecular flexibility index (Phi) is 7.25. The number of aromatic nitrogens is 3. The van der Waals surface area contributed by atoms with Crippen molar-refractivity contribution in [2.75, 3.05) is 0 Å². The summed E-state index contributed by atoms with van der Waals surface area (Å²) in [5.41, 5.74) is 2.08. The maximum atomic E-state index is 13.1. The van der Waals surface area contributed by atoms with Gasteiger partial charge in [0.15, 0.2) is 0 Å². The molecule has 0 aliphatic carbocycles. The summed E-state index contributed by atoms with van der Waals surface area (Å²) in [5, 5.41) is 9.82. The van der Waals surface area contributed by atoms with E-state index in [-0.39, 0.29) is 11.9 Å². The van der Waals surface area contributed by atoms with E-state index in [0.717, 1.165) is 16.8 Å². The Labute approximate surface area is 188 Å². The number of alkyl carbamates (subject to hydrolysis) is 1. The number of benzene rings is 2. The van der Waals surface area contributed by atoms with Crippen molar-refractivity contribution < 1.29 is 14.3 Å². The highest BCUT2D eigenvalue weighted by Gasteiger charge is 2.26. The minimum atomic E-state index is -0.774. The molecule has 1 aromatic heterocycles. The van der Waals surface area contributed by atoms with Gasteiger partial charge in [0.25, 0.3) is 0 Å². The van der Waals surface area contributed by atoms with Gasteiger partial charge in [0.2, 0.25) is 5.91 Å². The average molecular weight is 436 g/mol. The number of carbonyl (C=O) groups is 2. The van der Waals surface area contributed by atoms with E-state index in [2.05, 4.69) is 20.7 Å². The molecule has 168 valence electrons. The van der Waals surface area contributed by atoms with Crippen molar-refractivity contribution in [2.45, 2.75) is 51.8 Å². The molecule has 32 heavy (non-hydrogen) atoms. The topological polar surface area (TPSA) is 98.1 Å². The molecule has 8 nitrogen and oxygen atoms in total. The summed E-state index contributed by atoms with van der Waals surface area (Å²) in [7, 11) is 0. The molecule has 2 N–H and O–H groups in total. The fourth-order valence-corrected chi connectivity index (χ4v) is 3.16. The molecule has 3 aromatic rings. The smallest absolute Gasteiger partial charge is 0.408 e. The number of rotatable bonds is 7. The van der Waals surface area contributed by atoms with Crippen LogP contribution in [0, 0.1) is 0 Å². The van der Waals surface area contributed by atoms with E-state index in [1.54, 1.807) is 31.8 Å². The van der Waals surface area contributed by atoms with Crippen LogP contribution < -0.4 is 10.6 Å². The third-order valence-corrected chi connectivity index (χ3v) is 4.73. The highest BCUT2D eigenvalue weighted by atomic mass is 16.6. The van der Waals surface area contributed by atoms with Crippen LogP contribution in [0.1, 0.15) is 44.9 Å². The van der Waals surface area contributed by atoms with Gasteiger partial charge in [0.05, 0.1) is 11.7 Å². The molecule has 0 spiro atoms. The van der Waals surface area contributed by atoms with Crippen LogP contribution in [0.3, 0.4) is 0 Å². The van der Waals surface area contributed by atoms with Crippen LogP contribution >= 0.6 is 0 Å². The Morgan fingerprint density at radius 2 is 1.72 bits per heavy atom. The summed E-state index contributed by atoms with van der Waals surface area (Å²) in [6.45, 7) is 7.24. The molecule has 2 amide bonds. The average Bonchev–Trinajstić information content (AvgIpc) is 3.27. The standard InChI is InChI=1S/C24H29N5O3/c1-17(19-10-12-20(13-11-19)29-16-25-15-26-29)27-22(30)21(14-18-8-6-5-7-9-18)28-23(31)32-24(2,3)4/h5-13,15-17,21H,14H2,1-4H3,(H,27,30)(H,28,31)/t17-,21+/m1/s1. The van der Waals surface area contributed by atoms with Crippen molar-refractivity contribution in [1.82, 2.24) is 25.4 Å². The number of carbonyl (C=O) groups excluding carboxylic acids is 2. The molecule has 0 aliphatic rings. The molecule has 0 aliphatic heterocycles. The SMILES string of the molecule is C[C@@H](NC(=O)[C@H](Cc1ccccc1)NC(=O)OC(C)(C)C)c1ccc(-n2cncn2)cc1. The quantitative estimate of drug-likeness (QED) is 0.591. The van der Waals surface area contributed by atoms with Crippen molar-refractivity contribution in [3.63, 3.8) is 0 Å². The van der Waals surface area contributed by atoms with E-state index < -0.39 is 17.7 Å². The molecule has 0 saturated heterocycles. The highest BCUT2D eigenvalue weighted by Crippen LogP contribution is 2.16. The molecule has 3 rings (SSSR count). The first-order chi connectivity index (χ1) is 15.2. The zero-order valence-electron chi connectivity index (χ0n) is 18.8. The summed E-state index contributed by atoms with van der Waals surface area (Å²) in [6, 6.07) is 16.2. The van der Waals surface area contributed by atoms with Gasteiger partial charge in [-0.25, -0.2) is 14.5 Å². The van der Waals surface area contributed by atoms with Crippen molar-refractivity contribution in [3.05, 3.63) is 78.4 Å². The molecule has 0 saturated carbocycles. The second-order valence-corrected chi connectivity index (χ2v) is 8.55. The molecule has 2 aromatic carbocycles. The van der Waals surface area contributed by atoms with Crippen LogP contribution in [0.2, 0.25) is 0 Å². The fourth-order valence-electron chi connectivity index (χ4n) is 3.16. The molecule has 0 unspecified atom stereocenters. The summed E-state index contributed by atoms with van der Waals surface area (Å²) in [4.78, 5) is 29.4. The Hall–Kier alpha value is -3.68. The zero-order valence-corrected chi connectivity index (χ0v) is 18.8. The van der Waals surface area contributed by atoms with E-state index in [9.17, 15) is 9.59 Å². The lowest BCUT2D eigenvalue weighted by atomic mass is 10.0. The molecule has 1 heterocycles. The van der Waals surface area contributed by atoms with E-state index in [0.29, 0.717) is 6.42 Å². The van der Waals surface area contributed by atoms with E-state index in [1.165, 1.54) is 6.33 Å². The minimum Gasteiger partial charge on any atom is -0.444 e. The highest BCUT2D eigenvalue weighted by molar-refractivity contribution is 5.86. The molecule has 0 radical (unpaired) electrons. The van der Waals surface area contributed by atoms with Gasteiger partial charge >= 0.3 is 6.09 Å². The van der Waals surface area contributed by atoms with Gasteiger partial charge in [-0.1, -0.05) is 42.5 Å². The van der Waals surface area contributed by atoms with E-state index in [4.69, 9.17) is 4.74 Å². The summed E-state index contributed by atoms with van der Waals surface area (Å²) < 4.78 is 7.01. The summed E-state index contributed by atoms with van der Waals surface area (Å²) in [6.07, 6.45) is 2.82. The molecular formula is C24H29N5O3. The third kappa shape index (κ3) is 6.66. The Balaban J connectivity index is 1.69. The number of hydrogen-bond acceptors (Lipinski definition) is 5. The largest absolute Gasteiger partial charge is 0.444 e. The van der Waals surface area contributed by atoms with Crippen LogP contribution in [-0.2, 0) is 16.0 Å². The van der Waals surface area contributed by atoms with Crippen molar-refractivity contribution in [2.24, 2.45) is 0 Å². The molecule has 8 heteroatoms. The maximum absolute atomic E-state index is 13.1. The van der Waals surface area contributed by atoms with Crippen LogP contribution in [0.5, 0.6) is 0 Å². The lowest BCUT2D eigenvalue weighted by Gasteiger charge is -2.25. The second kappa shape index (κ2) is 10.1. The van der Waals surface area contributed by atoms with Crippen LogP contribution in [-0.4, -0.2) is 38.4 Å². The summed E-state index contributed by atoms with van der Waals surface area (Å²) >= 11 is 0. The summed E-state index contributed by atoms with van der Waals surface area (Å²) in [5.74, 6) is -0.285. The normalized spacial score (nSPS) is 13.1. The van der Waals surface area contributed by atoms with Gasteiger partial charge in [-0.2, -0.15) is 5.10 Å². The first kappa shape index (κ1) is 23.0. The van der Waals surface area contributed by atoms with Gasteiger partial charge in [-0.15, -0.1) is 0 Å². The van der Waals surface area contributed by atoms with Crippen LogP contribution in [0.25, 0.3) is 5.69 Å². The molecule has 0 bridgehead atoms. The molecule has 0 fully saturated rings. The fraction of sp³-hybridized carbons (Fsp3) is 0.333. The van der Waals surface area contributed by atoms with Gasteiger partial charge in [-0.3, -0.25) is 4.79 Å². The van der Waals surface area contributed by atoms with Crippen molar-refractivity contribution >= 4 is 12.0 Å². The monoisotopic (exact) mass is 435 g/mol. The van der Waals surface area contributed by atoms with E-state index in [1.807, 2.05) is 61.5 Å². The minimum absolute atomic E-state index is 0.258. The van der Waals surface area contributed by atoms with Gasteiger partial charge in [0, 0.05) is 6.42 Å².